The second kappa shape index (κ2) is 6.23. The molecule has 1 unspecified atom stereocenters. The van der Waals surface area contributed by atoms with Gasteiger partial charge in [-0.25, -0.2) is 0 Å². The van der Waals surface area contributed by atoms with Crippen LogP contribution in [0.2, 0.25) is 0 Å². The number of aliphatic carboxylic acids is 1. The first-order valence-corrected chi connectivity index (χ1v) is 5.40. The normalized spacial score (nSPS) is 12.7. The molecule has 1 rings (SSSR count). The maximum atomic E-state index is 10.7. The summed E-state index contributed by atoms with van der Waals surface area (Å²) in [6.45, 7) is 3.17. The van der Waals surface area contributed by atoms with Crippen molar-refractivity contribution in [2.45, 2.75) is 13.3 Å². The van der Waals surface area contributed by atoms with Crippen LogP contribution < -0.4 is 0 Å². The van der Waals surface area contributed by atoms with Crippen LogP contribution in [-0.4, -0.2) is 41.1 Å². The Bertz CT molecular complexity index is 327. The number of nitrogens with zero attached hydrogens (tertiary/aromatic N) is 2. The van der Waals surface area contributed by atoms with Crippen LogP contribution in [0.25, 0.3) is 0 Å². The summed E-state index contributed by atoms with van der Waals surface area (Å²) < 4.78 is 0. The third kappa shape index (κ3) is 4.40. The molecule has 88 valence electrons. The number of aromatic nitrogens is 1. The molecule has 0 aliphatic heterocycles. The molecule has 1 N–H and O–H groups in total. The molecule has 4 nitrogen and oxygen atoms in total. The third-order valence-corrected chi connectivity index (χ3v) is 2.54. The Morgan fingerprint density at radius 1 is 1.50 bits per heavy atom. The van der Waals surface area contributed by atoms with E-state index >= 15 is 0 Å². The van der Waals surface area contributed by atoms with E-state index in [2.05, 4.69) is 4.98 Å². The second-order valence-corrected chi connectivity index (χ2v) is 4.11. The van der Waals surface area contributed by atoms with Crippen LogP contribution in [0.4, 0.5) is 0 Å². The fourth-order valence-electron chi connectivity index (χ4n) is 1.51. The van der Waals surface area contributed by atoms with Crippen LogP contribution in [0.3, 0.4) is 0 Å². The first kappa shape index (κ1) is 12.6. The van der Waals surface area contributed by atoms with Gasteiger partial charge < -0.3 is 10.0 Å². The van der Waals surface area contributed by atoms with Crippen molar-refractivity contribution in [1.29, 1.82) is 0 Å². The number of hydrogen-bond donors (Lipinski definition) is 1. The lowest BCUT2D eigenvalue weighted by Gasteiger charge is -2.18. The first-order chi connectivity index (χ1) is 7.59. The van der Waals surface area contributed by atoms with Crippen molar-refractivity contribution < 1.29 is 9.90 Å². The number of pyridine rings is 1. The van der Waals surface area contributed by atoms with Crippen LogP contribution >= 0.6 is 0 Å². The molecule has 1 aromatic rings. The number of hydrogen-bond acceptors (Lipinski definition) is 3. The van der Waals surface area contributed by atoms with Crippen molar-refractivity contribution >= 4 is 5.97 Å². The average molecular weight is 222 g/mol. The largest absolute Gasteiger partial charge is 0.481 e. The highest BCUT2D eigenvalue weighted by Crippen LogP contribution is 2.02. The summed E-state index contributed by atoms with van der Waals surface area (Å²) >= 11 is 0. The van der Waals surface area contributed by atoms with Crippen LogP contribution in [0.1, 0.15) is 12.5 Å². The molecule has 16 heavy (non-hydrogen) atoms. The minimum atomic E-state index is -0.740. The standard InChI is InChI=1S/C12H18N2O2/c1-10(12(15)16)9-14(2)8-5-11-3-6-13-7-4-11/h3-4,6-7,10H,5,8-9H2,1-2H3,(H,15,16). The van der Waals surface area contributed by atoms with Gasteiger partial charge in [-0.15, -0.1) is 0 Å². The quantitative estimate of drug-likeness (QED) is 0.787. The first-order valence-electron chi connectivity index (χ1n) is 5.40. The van der Waals surface area contributed by atoms with E-state index < -0.39 is 5.97 Å². The Morgan fingerprint density at radius 3 is 2.69 bits per heavy atom. The van der Waals surface area contributed by atoms with Gasteiger partial charge in [0.05, 0.1) is 5.92 Å². The van der Waals surface area contributed by atoms with Crippen molar-refractivity contribution in [2.75, 3.05) is 20.1 Å². The minimum Gasteiger partial charge on any atom is -0.481 e. The predicted octanol–water partition coefficient (Wildman–Crippen LogP) is 1.28. The molecule has 0 bridgehead atoms. The smallest absolute Gasteiger partial charge is 0.307 e. The molecule has 0 amide bonds. The van der Waals surface area contributed by atoms with E-state index in [0.29, 0.717) is 6.54 Å². The van der Waals surface area contributed by atoms with Crippen molar-refractivity contribution in [2.24, 2.45) is 5.92 Å². The highest BCUT2D eigenvalue weighted by molar-refractivity contribution is 5.69. The lowest BCUT2D eigenvalue weighted by Crippen LogP contribution is -2.30. The highest BCUT2D eigenvalue weighted by atomic mass is 16.4. The molecule has 0 saturated carbocycles. The Labute approximate surface area is 95.9 Å². The maximum absolute atomic E-state index is 10.7. The number of carbonyl (C=O) groups is 1. The molecule has 0 aliphatic carbocycles. The summed E-state index contributed by atoms with van der Waals surface area (Å²) in [7, 11) is 1.95. The van der Waals surface area contributed by atoms with Crippen LogP contribution in [-0.2, 0) is 11.2 Å². The van der Waals surface area contributed by atoms with Gasteiger partial charge in [-0.3, -0.25) is 9.78 Å². The molecule has 1 atom stereocenters. The van der Waals surface area contributed by atoms with Crippen molar-refractivity contribution in [3.8, 4) is 0 Å². The highest BCUT2D eigenvalue weighted by Gasteiger charge is 2.12. The molecule has 4 heteroatoms. The minimum absolute atomic E-state index is 0.317. The summed E-state index contributed by atoms with van der Waals surface area (Å²) in [6.07, 6.45) is 4.47. The summed E-state index contributed by atoms with van der Waals surface area (Å²) in [4.78, 5) is 16.7. The van der Waals surface area contributed by atoms with Crippen LogP contribution in [0.5, 0.6) is 0 Å². The van der Waals surface area contributed by atoms with Crippen LogP contribution in [0, 0.1) is 5.92 Å². The van der Waals surface area contributed by atoms with Crippen molar-refractivity contribution in [3.63, 3.8) is 0 Å². The lowest BCUT2D eigenvalue weighted by atomic mass is 10.1. The van der Waals surface area contributed by atoms with E-state index in [1.165, 1.54) is 5.56 Å². The fourth-order valence-corrected chi connectivity index (χ4v) is 1.51. The van der Waals surface area contributed by atoms with Crippen LogP contribution in [0.15, 0.2) is 24.5 Å². The number of carboxylic acid groups (broad SMARTS) is 1. The molecule has 0 aromatic carbocycles. The number of rotatable bonds is 6. The summed E-state index contributed by atoms with van der Waals surface area (Å²) in [6, 6.07) is 3.96. The summed E-state index contributed by atoms with van der Waals surface area (Å²) in [5.41, 5.74) is 1.23. The average Bonchev–Trinajstić information content (AvgIpc) is 2.27. The van der Waals surface area contributed by atoms with Crippen molar-refractivity contribution in [3.05, 3.63) is 30.1 Å². The van der Waals surface area contributed by atoms with Gasteiger partial charge in [-0.2, -0.15) is 0 Å². The Morgan fingerprint density at radius 2 is 2.12 bits per heavy atom. The van der Waals surface area contributed by atoms with Gasteiger partial charge in [0.1, 0.15) is 0 Å². The third-order valence-electron chi connectivity index (χ3n) is 2.54. The molecule has 0 saturated heterocycles. The zero-order valence-electron chi connectivity index (χ0n) is 9.76. The predicted molar refractivity (Wildman–Crippen MR) is 62.2 cm³/mol. The van der Waals surface area contributed by atoms with E-state index in [9.17, 15) is 4.79 Å². The van der Waals surface area contributed by atoms with E-state index in [-0.39, 0.29) is 5.92 Å². The summed E-state index contributed by atoms with van der Waals surface area (Å²) in [5, 5.41) is 8.78. The SMILES string of the molecule is CC(CN(C)CCc1ccncc1)C(=O)O. The molecule has 0 fully saturated rings. The van der Waals surface area contributed by atoms with Gasteiger partial charge in [0, 0.05) is 25.5 Å². The Balaban J connectivity index is 2.30. The van der Waals surface area contributed by atoms with Gasteiger partial charge in [-0.1, -0.05) is 6.92 Å². The lowest BCUT2D eigenvalue weighted by molar-refractivity contribution is -0.141. The molecule has 1 aromatic heterocycles. The van der Waals surface area contributed by atoms with E-state index in [0.717, 1.165) is 13.0 Å². The Hall–Kier alpha value is -1.42. The van der Waals surface area contributed by atoms with Gasteiger partial charge in [-0.05, 0) is 31.2 Å². The van der Waals surface area contributed by atoms with Gasteiger partial charge in [0.15, 0.2) is 0 Å². The van der Waals surface area contributed by atoms with Gasteiger partial charge in [0.25, 0.3) is 0 Å². The molecule has 0 aliphatic rings. The molecule has 1 heterocycles. The topological polar surface area (TPSA) is 53.4 Å². The zero-order chi connectivity index (χ0) is 12.0. The monoisotopic (exact) mass is 222 g/mol. The maximum Gasteiger partial charge on any atom is 0.307 e. The van der Waals surface area contributed by atoms with Crippen molar-refractivity contribution in [1.82, 2.24) is 9.88 Å². The molecular formula is C12H18N2O2. The number of carboxylic acids is 1. The van der Waals surface area contributed by atoms with E-state index in [1.807, 2.05) is 24.1 Å². The molecule has 0 spiro atoms. The zero-order valence-corrected chi connectivity index (χ0v) is 9.76. The second-order valence-electron chi connectivity index (χ2n) is 4.11. The van der Waals surface area contributed by atoms with E-state index in [4.69, 9.17) is 5.11 Å². The summed E-state index contributed by atoms with van der Waals surface area (Å²) in [5.74, 6) is -1.06. The fraction of sp³-hybridized carbons (Fsp3) is 0.500. The van der Waals surface area contributed by atoms with Gasteiger partial charge in [0.2, 0.25) is 0 Å². The molecule has 0 radical (unpaired) electrons. The van der Waals surface area contributed by atoms with E-state index in [1.54, 1.807) is 19.3 Å². The molecular weight excluding hydrogens is 204 g/mol. The van der Waals surface area contributed by atoms with Gasteiger partial charge >= 0.3 is 5.97 Å². The number of likely N-dealkylation sites (N-methyl/N-ethyl adjacent to an activating group) is 1. The Kier molecular flexibility index (Phi) is 4.92.